The molecular formula is C14H21NO3. The summed E-state index contributed by atoms with van der Waals surface area (Å²) in [6.45, 7) is 5.37. The molecule has 100 valence electrons. The van der Waals surface area contributed by atoms with Gasteiger partial charge in [0.1, 0.15) is 5.75 Å². The van der Waals surface area contributed by atoms with E-state index in [0.717, 1.165) is 5.56 Å². The van der Waals surface area contributed by atoms with Crippen molar-refractivity contribution in [2.75, 3.05) is 7.11 Å². The Bertz CT molecular complexity index is 441. The molecule has 0 saturated heterocycles. The minimum Gasteiger partial charge on any atom is -0.507 e. The van der Waals surface area contributed by atoms with Crippen molar-refractivity contribution in [1.29, 1.82) is 0 Å². The van der Waals surface area contributed by atoms with Crippen LogP contribution >= 0.6 is 0 Å². The zero-order valence-electron chi connectivity index (χ0n) is 11.4. The van der Waals surface area contributed by atoms with Crippen molar-refractivity contribution in [3.63, 3.8) is 0 Å². The van der Waals surface area contributed by atoms with Crippen molar-refractivity contribution in [2.45, 2.75) is 33.2 Å². The lowest BCUT2D eigenvalue weighted by atomic mass is 9.80. The molecule has 0 aliphatic rings. The summed E-state index contributed by atoms with van der Waals surface area (Å²) >= 11 is 0. The summed E-state index contributed by atoms with van der Waals surface area (Å²) in [7, 11) is 1.33. The number of nitrogens with two attached hydrogens (primary N) is 1. The Morgan fingerprint density at radius 2 is 2.11 bits per heavy atom. The summed E-state index contributed by atoms with van der Waals surface area (Å²) in [6, 6.07) is 4.80. The number of methoxy groups -OCH3 is 1. The maximum Gasteiger partial charge on any atom is 0.313 e. The highest BCUT2D eigenvalue weighted by Gasteiger charge is 2.37. The van der Waals surface area contributed by atoms with Crippen LogP contribution < -0.4 is 5.73 Å². The van der Waals surface area contributed by atoms with Gasteiger partial charge in [-0.25, -0.2) is 0 Å². The van der Waals surface area contributed by atoms with E-state index in [4.69, 9.17) is 10.5 Å². The number of phenols is 1. The van der Waals surface area contributed by atoms with Crippen molar-refractivity contribution < 1.29 is 14.6 Å². The van der Waals surface area contributed by atoms with Crippen molar-refractivity contribution in [3.8, 4) is 5.75 Å². The number of rotatable bonds is 4. The van der Waals surface area contributed by atoms with Crippen LogP contribution in [0.2, 0.25) is 0 Å². The molecule has 1 aromatic carbocycles. The second kappa shape index (κ2) is 5.40. The van der Waals surface area contributed by atoms with Gasteiger partial charge in [0.05, 0.1) is 12.5 Å². The molecule has 0 spiro atoms. The van der Waals surface area contributed by atoms with E-state index >= 15 is 0 Å². The van der Waals surface area contributed by atoms with E-state index in [1.807, 2.05) is 19.1 Å². The van der Waals surface area contributed by atoms with Crippen molar-refractivity contribution >= 4 is 5.97 Å². The van der Waals surface area contributed by atoms with Gasteiger partial charge < -0.3 is 15.6 Å². The molecule has 1 rings (SSSR count). The van der Waals surface area contributed by atoms with Gasteiger partial charge >= 0.3 is 5.97 Å². The summed E-state index contributed by atoms with van der Waals surface area (Å²) in [5.41, 5.74) is 6.62. The number of hydrogen-bond acceptors (Lipinski definition) is 4. The van der Waals surface area contributed by atoms with Crippen LogP contribution in [0.5, 0.6) is 5.75 Å². The fourth-order valence-corrected chi connectivity index (χ4v) is 1.93. The van der Waals surface area contributed by atoms with E-state index < -0.39 is 17.4 Å². The molecule has 0 unspecified atom stereocenters. The van der Waals surface area contributed by atoms with Crippen LogP contribution in [0, 0.1) is 5.41 Å². The Hall–Kier alpha value is -1.55. The number of carbonyl (C=O) groups excluding carboxylic acids is 1. The number of esters is 1. The molecule has 1 aromatic rings. The third-order valence-electron chi connectivity index (χ3n) is 3.36. The third-order valence-corrected chi connectivity index (χ3v) is 3.36. The molecule has 0 fully saturated rings. The second-order valence-corrected chi connectivity index (χ2v) is 4.90. The van der Waals surface area contributed by atoms with Crippen LogP contribution in [0.3, 0.4) is 0 Å². The Labute approximate surface area is 108 Å². The van der Waals surface area contributed by atoms with Gasteiger partial charge in [-0.2, -0.15) is 0 Å². The number of phenolic OH excluding ortho intramolecular Hbond substituents is 1. The molecule has 3 N–H and O–H groups in total. The van der Waals surface area contributed by atoms with Crippen LogP contribution in [0.25, 0.3) is 0 Å². The molecule has 1 atom stereocenters. The first kappa shape index (κ1) is 14.5. The SMILES string of the molecule is CCc1cccc([C@@H](N)C(C)(C)C(=O)OC)c1O. The lowest BCUT2D eigenvalue weighted by molar-refractivity contribution is -0.152. The Kier molecular flexibility index (Phi) is 4.35. The molecular weight excluding hydrogens is 230 g/mol. The van der Waals surface area contributed by atoms with Gasteiger partial charge in [0, 0.05) is 11.6 Å². The van der Waals surface area contributed by atoms with E-state index in [1.165, 1.54) is 7.11 Å². The topological polar surface area (TPSA) is 72.6 Å². The largest absolute Gasteiger partial charge is 0.507 e. The number of ether oxygens (including phenoxy) is 1. The minimum absolute atomic E-state index is 0.171. The fraction of sp³-hybridized carbons (Fsp3) is 0.500. The molecule has 4 nitrogen and oxygen atoms in total. The van der Waals surface area contributed by atoms with Crippen LogP contribution in [0.1, 0.15) is 37.9 Å². The Morgan fingerprint density at radius 1 is 1.50 bits per heavy atom. The first-order valence-electron chi connectivity index (χ1n) is 6.01. The maximum absolute atomic E-state index is 11.7. The van der Waals surface area contributed by atoms with Gasteiger partial charge in [0.15, 0.2) is 0 Å². The first-order chi connectivity index (χ1) is 8.36. The Balaban J connectivity index is 3.18. The van der Waals surface area contributed by atoms with E-state index in [2.05, 4.69) is 0 Å². The standard InChI is InChI=1S/C14H21NO3/c1-5-9-7-6-8-10(11(9)16)12(15)14(2,3)13(17)18-4/h6-8,12,16H,5,15H2,1-4H3/t12-/m1/s1. The zero-order valence-corrected chi connectivity index (χ0v) is 11.4. The van der Waals surface area contributed by atoms with E-state index in [-0.39, 0.29) is 5.75 Å². The molecule has 0 aliphatic heterocycles. The van der Waals surface area contributed by atoms with Crippen molar-refractivity contribution in [2.24, 2.45) is 11.1 Å². The molecule has 4 heteroatoms. The van der Waals surface area contributed by atoms with Crippen LogP contribution in [0.15, 0.2) is 18.2 Å². The summed E-state index contributed by atoms with van der Waals surface area (Å²) < 4.78 is 4.75. The molecule has 0 amide bonds. The van der Waals surface area contributed by atoms with Gasteiger partial charge in [0.2, 0.25) is 0 Å². The lowest BCUT2D eigenvalue weighted by Crippen LogP contribution is -2.37. The van der Waals surface area contributed by atoms with Gasteiger partial charge in [-0.3, -0.25) is 4.79 Å². The van der Waals surface area contributed by atoms with E-state index in [0.29, 0.717) is 12.0 Å². The van der Waals surface area contributed by atoms with Crippen LogP contribution in [-0.2, 0) is 16.0 Å². The molecule has 0 radical (unpaired) electrons. The fourth-order valence-electron chi connectivity index (χ4n) is 1.93. The van der Waals surface area contributed by atoms with Crippen molar-refractivity contribution in [1.82, 2.24) is 0 Å². The highest BCUT2D eigenvalue weighted by atomic mass is 16.5. The Morgan fingerprint density at radius 3 is 2.61 bits per heavy atom. The highest BCUT2D eigenvalue weighted by Crippen LogP contribution is 2.37. The van der Waals surface area contributed by atoms with Crippen molar-refractivity contribution in [3.05, 3.63) is 29.3 Å². The number of aromatic hydroxyl groups is 1. The predicted octanol–water partition coefficient (Wildman–Crippen LogP) is 2.15. The zero-order chi connectivity index (χ0) is 13.9. The number of para-hydroxylation sites is 1. The predicted molar refractivity (Wildman–Crippen MR) is 70.2 cm³/mol. The summed E-state index contributed by atoms with van der Waals surface area (Å²) in [4.78, 5) is 11.7. The molecule has 0 aromatic heterocycles. The van der Waals surface area contributed by atoms with Gasteiger partial charge in [-0.1, -0.05) is 25.1 Å². The lowest BCUT2D eigenvalue weighted by Gasteiger charge is -2.29. The van der Waals surface area contributed by atoms with E-state index in [1.54, 1.807) is 19.9 Å². The number of aryl methyl sites for hydroxylation is 1. The molecule has 0 bridgehead atoms. The third kappa shape index (κ3) is 2.48. The maximum atomic E-state index is 11.7. The minimum atomic E-state index is -0.890. The average Bonchev–Trinajstić information content (AvgIpc) is 2.37. The number of benzene rings is 1. The van der Waals surface area contributed by atoms with Gasteiger partial charge in [0.25, 0.3) is 0 Å². The normalized spacial score (nSPS) is 13.2. The quantitative estimate of drug-likeness (QED) is 0.804. The summed E-state index contributed by atoms with van der Waals surface area (Å²) in [5.74, 6) is -0.222. The average molecular weight is 251 g/mol. The number of carbonyl (C=O) groups is 1. The summed E-state index contributed by atoms with van der Waals surface area (Å²) in [6.07, 6.45) is 0.713. The van der Waals surface area contributed by atoms with E-state index in [9.17, 15) is 9.90 Å². The number of hydrogen-bond donors (Lipinski definition) is 2. The molecule has 18 heavy (non-hydrogen) atoms. The molecule has 0 saturated carbocycles. The molecule has 0 heterocycles. The molecule has 0 aliphatic carbocycles. The smallest absolute Gasteiger partial charge is 0.313 e. The summed E-state index contributed by atoms with van der Waals surface area (Å²) in [5, 5.41) is 10.1. The van der Waals surface area contributed by atoms with Gasteiger partial charge in [-0.05, 0) is 25.8 Å². The monoisotopic (exact) mass is 251 g/mol. The second-order valence-electron chi connectivity index (χ2n) is 4.90. The van der Waals surface area contributed by atoms with Crippen LogP contribution in [0.4, 0.5) is 0 Å². The highest BCUT2D eigenvalue weighted by molar-refractivity contribution is 5.77. The first-order valence-corrected chi connectivity index (χ1v) is 6.01. The van der Waals surface area contributed by atoms with Gasteiger partial charge in [-0.15, -0.1) is 0 Å². The van der Waals surface area contributed by atoms with Crippen LogP contribution in [-0.4, -0.2) is 18.2 Å².